The minimum Gasteiger partial charge on any atom is -0.336 e. The van der Waals surface area contributed by atoms with Gasteiger partial charge >= 0.3 is 0 Å². The normalized spacial score (nSPS) is 15.2. The zero-order valence-electron chi connectivity index (χ0n) is 14.2. The quantitative estimate of drug-likeness (QED) is 0.634. The van der Waals surface area contributed by atoms with Crippen LogP contribution in [0.2, 0.25) is 0 Å². The van der Waals surface area contributed by atoms with E-state index in [2.05, 4.69) is 4.90 Å². The molecule has 25 heavy (non-hydrogen) atoms. The maximum absolute atomic E-state index is 12.6. The van der Waals surface area contributed by atoms with E-state index in [9.17, 15) is 14.9 Å². The fourth-order valence-corrected chi connectivity index (χ4v) is 3.07. The molecule has 1 saturated heterocycles. The number of aryl methyl sites for hydroxylation is 1. The number of nitrogens with zero attached hydrogens (tertiary/aromatic N) is 3. The highest BCUT2D eigenvalue weighted by Gasteiger charge is 2.23. The first-order valence-electron chi connectivity index (χ1n) is 8.35. The molecule has 0 bridgehead atoms. The fourth-order valence-electron chi connectivity index (χ4n) is 3.07. The minimum atomic E-state index is -0.389. The predicted octanol–water partition coefficient (Wildman–Crippen LogP) is 2.86. The molecule has 2 aromatic rings. The van der Waals surface area contributed by atoms with Crippen LogP contribution in [-0.2, 0) is 6.54 Å². The molecule has 0 aromatic heterocycles. The van der Waals surface area contributed by atoms with Gasteiger partial charge in [-0.15, -0.1) is 0 Å². The highest BCUT2D eigenvalue weighted by molar-refractivity contribution is 5.95. The zero-order valence-corrected chi connectivity index (χ0v) is 14.2. The molecule has 0 spiro atoms. The van der Waals surface area contributed by atoms with Gasteiger partial charge in [-0.1, -0.05) is 30.3 Å². The molecule has 0 radical (unpaired) electrons. The summed E-state index contributed by atoms with van der Waals surface area (Å²) in [6.07, 6.45) is 0. The van der Waals surface area contributed by atoms with Crippen molar-refractivity contribution in [2.24, 2.45) is 0 Å². The third kappa shape index (κ3) is 4.03. The van der Waals surface area contributed by atoms with Gasteiger partial charge in [-0.3, -0.25) is 19.8 Å². The molecule has 6 nitrogen and oxygen atoms in total. The van der Waals surface area contributed by atoms with Crippen LogP contribution in [0.4, 0.5) is 5.69 Å². The van der Waals surface area contributed by atoms with Gasteiger partial charge in [0.2, 0.25) is 0 Å². The first-order chi connectivity index (χ1) is 12.0. The molecule has 1 heterocycles. The molecule has 1 amide bonds. The standard InChI is InChI=1S/C19H21N3O3/c1-15-4-2-3-5-18(15)19(23)21-12-10-20(11-13-21)14-16-6-8-17(9-7-16)22(24)25/h2-9H,10-14H2,1H3. The van der Waals surface area contributed by atoms with E-state index in [0.717, 1.165) is 36.3 Å². The van der Waals surface area contributed by atoms with Crippen LogP contribution < -0.4 is 0 Å². The summed E-state index contributed by atoms with van der Waals surface area (Å²) in [5, 5.41) is 10.7. The lowest BCUT2D eigenvalue weighted by molar-refractivity contribution is -0.384. The molecular weight excluding hydrogens is 318 g/mol. The number of nitro benzene ring substituents is 1. The lowest BCUT2D eigenvalue weighted by atomic mass is 10.1. The van der Waals surface area contributed by atoms with Crippen LogP contribution in [0.25, 0.3) is 0 Å². The summed E-state index contributed by atoms with van der Waals surface area (Å²) in [6.45, 7) is 5.69. The van der Waals surface area contributed by atoms with E-state index in [1.165, 1.54) is 12.1 Å². The molecular formula is C19H21N3O3. The van der Waals surface area contributed by atoms with Crippen LogP contribution in [0, 0.1) is 17.0 Å². The minimum absolute atomic E-state index is 0.0908. The number of hydrogen-bond acceptors (Lipinski definition) is 4. The number of carbonyl (C=O) groups excluding carboxylic acids is 1. The average Bonchev–Trinajstić information content (AvgIpc) is 2.63. The smallest absolute Gasteiger partial charge is 0.269 e. The molecule has 2 aromatic carbocycles. The van der Waals surface area contributed by atoms with E-state index in [1.807, 2.05) is 36.1 Å². The first-order valence-corrected chi connectivity index (χ1v) is 8.35. The predicted molar refractivity (Wildman–Crippen MR) is 95.5 cm³/mol. The second kappa shape index (κ2) is 7.44. The third-order valence-corrected chi connectivity index (χ3v) is 4.59. The van der Waals surface area contributed by atoms with Gasteiger partial charge in [-0.05, 0) is 24.1 Å². The number of non-ortho nitro benzene ring substituents is 1. The molecule has 130 valence electrons. The summed E-state index contributed by atoms with van der Waals surface area (Å²) in [4.78, 5) is 27.1. The Labute approximate surface area is 146 Å². The SMILES string of the molecule is Cc1ccccc1C(=O)N1CCN(Cc2ccc([N+](=O)[O-])cc2)CC1. The van der Waals surface area contributed by atoms with Crippen molar-refractivity contribution in [2.45, 2.75) is 13.5 Å². The Morgan fingerprint density at radius 2 is 1.68 bits per heavy atom. The van der Waals surface area contributed by atoms with Crippen LogP contribution in [0.3, 0.4) is 0 Å². The maximum atomic E-state index is 12.6. The topological polar surface area (TPSA) is 66.7 Å². The maximum Gasteiger partial charge on any atom is 0.269 e. The second-order valence-corrected chi connectivity index (χ2v) is 6.31. The van der Waals surface area contributed by atoms with E-state index in [1.54, 1.807) is 12.1 Å². The monoisotopic (exact) mass is 339 g/mol. The number of rotatable bonds is 4. The number of amides is 1. The van der Waals surface area contributed by atoms with E-state index >= 15 is 0 Å². The molecule has 0 N–H and O–H groups in total. The molecule has 3 rings (SSSR count). The van der Waals surface area contributed by atoms with E-state index < -0.39 is 0 Å². The lowest BCUT2D eigenvalue weighted by Gasteiger charge is -2.35. The van der Waals surface area contributed by atoms with Gasteiger partial charge in [0.1, 0.15) is 0 Å². The van der Waals surface area contributed by atoms with Crippen molar-refractivity contribution in [3.63, 3.8) is 0 Å². The van der Waals surface area contributed by atoms with Crippen LogP contribution in [0.1, 0.15) is 21.5 Å². The van der Waals surface area contributed by atoms with E-state index in [4.69, 9.17) is 0 Å². The number of piperazine rings is 1. The molecule has 1 fully saturated rings. The average molecular weight is 339 g/mol. The van der Waals surface area contributed by atoms with Gasteiger partial charge in [0.05, 0.1) is 4.92 Å². The summed E-state index contributed by atoms with van der Waals surface area (Å²) >= 11 is 0. The summed E-state index contributed by atoms with van der Waals surface area (Å²) in [5.41, 5.74) is 2.92. The van der Waals surface area contributed by atoms with Crippen LogP contribution in [0.5, 0.6) is 0 Å². The second-order valence-electron chi connectivity index (χ2n) is 6.31. The lowest BCUT2D eigenvalue weighted by Crippen LogP contribution is -2.48. The molecule has 1 aliphatic heterocycles. The van der Waals surface area contributed by atoms with Gasteiger partial charge in [-0.2, -0.15) is 0 Å². The van der Waals surface area contributed by atoms with Gasteiger partial charge in [-0.25, -0.2) is 0 Å². The van der Waals surface area contributed by atoms with Crippen molar-refractivity contribution < 1.29 is 9.72 Å². The van der Waals surface area contributed by atoms with Gasteiger partial charge in [0.25, 0.3) is 11.6 Å². The van der Waals surface area contributed by atoms with Crippen molar-refractivity contribution in [1.82, 2.24) is 9.80 Å². The summed E-state index contributed by atoms with van der Waals surface area (Å²) in [5.74, 6) is 0.0908. The van der Waals surface area contributed by atoms with Crippen LogP contribution in [0.15, 0.2) is 48.5 Å². The summed E-state index contributed by atoms with van der Waals surface area (Å²) < 4.78 is 0. The van der Waals surface area contributed by atoms with Crippen LogP contribution in [-0.4, -0.2) is 46.8 Å². The van der Waals surface area contributed by atoms with Crippen molar-refractivity contribution in [1.29, 1.82) is 0 Å². The van der Waals surface area contributed by atoms with Gasteiger partial charge in [0, 0.05) is 50.4 Å². The highest BCUT2D eigenvalue weighted by atomic mass is 16.6. The Morgan fingerprint density at radius 1 is 1.04 bits per heavy atom. The van der Waals surface area contributed by atoms with Gasteiger partial charge < -0.3 is 4.90 Å². The van der Waals surface area contributed by atoms with Gasteiger partial charge in [0.15, 0.2) is 0 Å². The third-order valence-electron chi connectivity index (χ3n) is 4.59. The Balaban J connectivity index is 1.56. The van der Waals surface area contributed by atoms with Crippen molar-refractivity contribution in [2.75, 3.05) is 26.2 Å². The van der Waals surface area contributed by atoms with Crippen molar-refractivity contribution in [3.8, 4) is 0 Å². The molecule has 6 heteroatoms. The molecule has 0 atom stereocenters. The fraction of sp³-hybridized carbons (Fsp3) is 0.316. The van der Waals surface area contributed by atoms with Crippen molar-refractivity contribution >= 4 is 11.6 Å². The van der Waals surface area contributed by atoms with Crippen molar-refractivity contribution in [3.05, 3.63) is 75.3 Å². The molecule has 0 unspecified atom stereocenters. The largest absolute Gasteiger partial charge is 0.336 e. The molecule has 0 saturated carbocycles. The Kier molecular flexibility index (Phi) is 5.09. The zero-order chi connectivity index (χ0) is 17.8. The Hall–Kier alpha value is -2.73. The number of nitro groups is 1. The Bertz CT molecular complexity index is 766. The summed E-state index contributed by atoms with van der Waals surface area (Å²) in [6, 6.07) is 14.3. The summed E-state index contributed by atoms with van der Waals surface area (Å²) in [7, 11) is 0. The number of hydrogen-bond donors (Lipinski definition) is 0. The first kappa shape index (κ1) is 17.1. The van der Waals surface area contributed by atoms with E-state index in [0.29, 0.717) is 13.1 Å². The number of benzene rings is 2. The molecule has 1 aliphatic rings. The van der Waals surface area contributed by atoms with E-state index in [-0.39, 0.29) is 16.5 Å². The highest BCUT2D eigenvalue weighted by Crippen LogP contribution is 2.16. The number of carbonyl (C=O) groups is 1. The van der Waals surface area contributed by atoms with Crippen LogP contribution >= 0.6 is 0 Å². The molecule has 0 aliphatic carbocycles. The Morgan fingerprint density at radius 3 is 2.28 bits per heavy atom.